The van der Waals surface area contributed by atoms with Crippen molar-refractivity contribution in [3.05, 3.63) is 17.7 Å². The molecule has 0 aromatic carbocycles. The van der Waals surface area contributed by atoms with E-state index in [1.807, 2.05) is 24.9 Å². The lowest BCUT2D eigenvalue weighted by molar-refractivity contribution is 0.571. The first-order valence-corrected chi connectivity index (χ1v) is 6.82. The van der Waals surface area contributed by atoms with E-state index in [0.717, 1.165) is 41.4 Å². The molecule has 0 aliphatic rings. The largest absolute Gasteiger partial charge is 0.383 e. The monoisotopic (exact) mass is 261 g/mol. The van der Waals surface area contributed by atoms with E-state index in [1.165, 1.54) is 0 Å². The minimum atomic E-state index is 0.319. The molecule has 0 atom stereocenters. The molecule has 2 aromatic rings. The first-order chi connectivity index (χ1) is 8.97. The summed E-state index contributed by atoms with van der Waals surface area (Å²) >= 11 is 0. The van der Waals surface area contributed by atoms with E-state index >= 15 is 0 Å². The molecule has 2 aromatic heterocycles. The second kappa shape index (κ2) is 5.07. The Balaban J connectivity index is 2.59. The number of hydrogen-bond donors (Lipinski definition) is 1. The first kappa shape index (κ1) is 13.6. The van der Waals surface area contributed by atoms with Gasteiger partial charge < -0.3 is 10.3 Å². The zero-order valence-electron chi connectivity index (χ0n) is 12.4. The molecular formula is C14H23N5. The van der Waals surface area contributed by atoms with Gasteiger partial charge in [0.15, 0.2) is 0 Å². The Labute approximate surface area is 114 Å². The van der Waals surface area contributed by atoms with E-state index in [0.29, 0.717) is 6.04 Å². The molecular weight excluding hydrogens is 238 g/mol. The van der Waals surface area contributed by atoms with Crippen molar-refractivity contribution in [1.29, 1.82) is 0 Å². The molecule has 0 aliphatic heterocycles. The van der Waals surface area contributed by atoms with Crippen LogP contribution in [0.1, 0.15) is 44.8 Å². The fraction of sp³-hybridized carbons (Fsp3) is 0.571. The van der Waals surface area contributed by atoms with Gasteiger partial charge in [0.2, 0.25) is 0 Å². The van der Waals surface area contributed by atoms with Crippen LogP contribution in [0.25, 0.3) is 11.3 Å². The Bertz CT molecular complexity index is 577. The van der Waals surface area contributed by atoms with Gasteiger partial charge in [-0.25, -0.2) is 4.98 Å². The summed E-state index contributed by atoms with van der Waals surface area (Å²) in [5, 5.41) is 4.28. The molecule has 0 fully saturated rings. The van der Waals surface area contributed by atoms with Crippen LogP contribution in [0.15, 0.2) is 6.20 Å². The highest BCUT2D eigenvalue weighted by molar-refractivity contribution is 5.72. The summed E-state index contributed by atoms with van der Waals surface area (Å²) < 4.78 is 3.98. The molecule has 0 saturated heterocycles. The molecule has 19 heavy (non-hydrogen) atoms. The molecule has 0 spiro atoms. The standard InChI is InChI=1S/C14H23N5/c1-6-7-12-17-13(14(15)19(12)9(2)3)11-8-16-18(5)10(11)4/h8-9H,6-7,15H2,1-5H3. The SMILES string of the molecule is CCCc1nc(-c2cnn(C)c2C)c(N)n1C(C)C. The second-order valence-corrected chi connectivity index (χ2v) is 5.24. The quantitative estimate of drug-likeness (QED) is 0.920. The average Bonchev–Trinajstić information content (AvgIpc) is 2.82. The van der Waals surface area contributed by atoms with Crippen LogP contribution in [0, 0.1) is 6.92 Å². The molecule has 0 unspecified atom stereocenters. The summed E-state index contributed by atoms with van der Waals surface area (Å²) in [5.74, 6) is 1.81. The number of nitrogen functional groups attached to an aromatic ring is 1. The molecule has 0 radical (unpaired) electrons. The molecule has 5 heteroatoms. The number of aromatic nitrogens is 4. The predicted octanol–water partition coefficient (Wildman–Crippen LogP) is 2.71. The summed E-state index contributed by atoms with van der Waals surface area (Å²) in [5.41, 5.74) is 9.28. The van der Waals surface area contributed by atoms with Crippen LogP contribution in [-0.4, -0.2) is 19.3 Å². The third-order valence-electron chi connectivity index (χ3n) is 3.50. The van der Waals surface area contributed by atoms with Crippen molar-refractivity contribution >= 4 is 5.82 Å². The maximum absolute atomic E-state index is 6.31. The van der Waals surface area contributed by atoms with E-state index in [9.17, 15) is 0 Å². The molecule has 104 valence electrons. The highest BCUT2D eigenvalue weighted by Crippen LogP contribution is 2.31. The number of nitrogens with zero attached hydrogens (tertiary/aromatic N) is 4. The minimum Gasteiger partial charge on any atom is -0.383 e. The third kappa shape index (κ3) is 2.25. The zero-order chi connectivity index (χ0) is 14.2. The van der Waals surface area contributed by atoms with E-state index in [-0.39, 0.29) is 0 Å². The van der Waals surface area contributed by atoms with E-state index in [4.69, 9.17) is 10.7 Å². The van der Waals surface area contributed by atoms with Crippen molar-refractivity contribution < 1.29 is 0 Å². The van der Waals surface area contributed by atoms with Crippen LogP contribution in [0.3, 0.4) is 0 Å². The van der Waals surface area contributed by atoms with Crippen LogP contribution < -0.4 is 5.73 Å². The van der Waals surface area contributed by atoms with Gasteiger partial charge in [0, 0.05) is 30.8 Å². The van der Waals surface area contributed by atoms with Gasteiger partial charge in [-0.3, -0.25) is 4.68 Å². The lowest BCUT2D eigenvalue weighted by Crippen LogP contribution is -2.09. The number of aryl methyl sites for hydroxylation is 2. The highest BCUT2D eigenvalue weighted by atomic mass is 15.3. The molecule has 5 nitrogen and oxygen atoms in total. The fourth-order valence-corrected chi connectivity index (χ4v) is 2.40. The summed E-state index contributed by atoms with van der Waals surface area (Å²) in [4.78, 5) is 4.75. The van der Waals surface area contributed by atoms with Gasteiger partial charge in [-0.1, -0.05) is 6.92 Å². The van der Waals surface area contributed by atoms with E-state index in [2.05, 4.69) is 30.4 Å². The van der Waals surface area contributed by atoms with Gasteiger partial charge in [-0.2, -0.15) is 5.10 Å². The molecule has 2 N–H and O–H groups in total. The predicted molar refractivity (Wildman–Crippen MR) is 78.0 cm³/mol. The average molecular weight is 261 g/mol. The summed E-state index contributed by atoms with van der Waals surface area (Å²) in [6, 6.07) is 0.319. The first-order valence-electron chi connectivity index (χ1n) is 6.82. The minimum absolute atomic E-state index is 0.319. The maximum Gasteiger partial charge on any atom is 0.132 e. The summed E-state index contributed by atoms with van der Waals surface area (Å²) in [7, 11) is 1.93. The molecule has 2 rings (SSSR count). The second-order valence-electron chi connectivity index (χ2n) is 5.24. The van der Waals surface area contributed by atoms with Crippen molar-refractivity contribution in [2.24, 2.45) is 7.05 Å². The van der Waals surface area contributed by atoms with E-state index < -0.39 is 0 Å². The Morgan fingerprint density at radius 3 is 2.53 bits per heavy atom. The smallest absolute Gasteiger partial charge is 0.132 e. The maximum atomic E-state index is 6.31. The molecule has 0 amide bonds. The molecule has 0 saturated carbocycles. The van der Waals surface area contributed by atoms with Crippen LogP contribution in [0.5, 0.6) is 0 Å². The normalized spacial score (nSPS) is 11.5. The highest BCUT2D eigenvalue weighted by Gasteiger charge is 2.20. The van der Waals surface area contributed by atoms with Crippen LogP contribution in [0.2, 0.25) is 0 Å². The Kier molecular flexibility index (Phi) is 3.64. The zero-order valence-corrected chi connectivity index (χ0v) is 12.4. The number of rotatable bonds is 4. The third-order valence-corrected chi connectivity index (χ3v) is 3.50. The van der Waals surface area contributed by atoms with Crippen molar-refractivity contribution in [1.82, 2.24) is 19.3 Å². The van der Waals surface area contributed by atoms with Crippen molar-refractivity contribution in [2.75, 3.05) is 5.73 Å². The Morgan fingerprint density at radius 1 is 1.37 bits per heavy atom. The van der Waals surface area contributed by atoms with Gasteiger partial charge in [-0.05, 0) is 27.2 Å². The summed E-state index contributed by atoms with van der Waals surface area (Å²) in [6.07, 6.45) is 3.85. The number of hydrogen-bond acceptors (Lipinski definition) is 3. The topological polar surface area (TPSA) is 61.7 Å². The Morgan fingerprint density at radius 2 is 2.05 bits per heavy atom. The Hall–Kier alpha value is -1.78. The summed E-state index contributed by atoms with van der Waals surface area (Å²) in [6.45, 7) is 8.47. The van der Waals surface area contributed by atoms with Gasteiger partial charge in [0.05, 0.1) is 6.20 Å². The van der Waals surface area contributed by atoms with Crippen molar-refractivity contribution in [2.45, 2.75) is 46.6 Å². The lowest BCUT2D eigenvalue weighted by Gasteiger charge is -2.13. The van der Waals surface area contributed by atoms with E-state index in [1.54, 1.807) is 0 Å². The van der Waals surface area contributed by atoms with Crippen LogP contribution >= 0.6 is 0 Å². The fourth-order valence-electron chi connectivity index (χ4n) is 2.40. The van der Waals surface area contributed by atoms with Gasteiger partial charge >= 0.3 is 0 Å². The van der Waals surface area contributed by atoms with Crippen molar-refractivity contribution in [3.8, 4) is 11.3 Å². The number of nitrogens with two attached hydrogens (primary N) is 1. The van der Waals surface area contributed by atoms with Gasteiger partial charge in [0.25, 0.3) is 0 Å². The lowest BCUT2D eigenvalue weighted by atomic mass is 10.2. The van der Waals surface area contributed by atoms with Crippen LogP contribution in [-0.2, 0) is 13.5 Å². The van der Waals surface area contributed by atoms with Gasteiger partial charge in [-0.15, -0.1) is 0 Å². The van der Waals surface area contributed by atoms with Gasteiger partial charge in [0.1, 0.15) is 17.3 Å². The molecule has 0 bridgehead atoms. The number of anilines is 1. The molecule has 0 aliphatic carbocycles. The van der Waals surface area contributed by atoms with Crippen LogP contribution in [0.4, 0.5) is 5.82 Å². The number of imidazole rings is 1. The molecule has 2 heterocycles. The van der Waals surface area contributed by atoms with Crippen molar-refractivity contribution in [3.63, 3.8) is 0 Å².